The molecule has 0 saturated heterocycles. The molecule has 0 atom stereocenters. The highest BCUT2D eigenvalue weighted by Gasteiger charge is 2.25. The van der Waals surface area contributed by atoms with Gasteiger partial charge in [0.05, 0.1) is 28.9 Å². The number of hydrogen-bond acceptors (Lipinski definition) is 10. The molecule has 13 heteroatoms. The number of rotatable bonds is 7. The molecule has 0 aliphatic rings. The predicted molar refractivity (Wildman–Crippen MR) is 88.0 cm³/mol. The fourth-order valence-electron chi connectivity index (χ4n) is 1.85. The zero-order chi connectivity index (χ0) is 19.3. The fraction of sp³-hybridized carbons (Fsp3) is 0.231. The number of anilines is 1. The van der Waals surface area contributed by atoms with Crippen molar-refractivity contribution in [3.8, 4) is 0 Å². The fourth-order valence-corrected chi connectivity index (χ4v) is 2.57. The van der Waals surface area contributed by atoms with E-state index in [4.69, 9.17) is 4.74 Å². The summed E-state index contributed by atoms with van der Waals surface area (Å²) in [6.45, 7) is 1.87. The number of non-ortho nitro benzene ring substituents is 1. The number of nitro benzene ring substituents is 2. The molecule has 1 aromatic heterocycles. The van der Waals surface area contributed by atoms with Crippen LogP contribution in [0, 0.1) is 20.2 Å². The number of ether oxygens (including phenoxy) is 1. The third kappa shape index (κ3) is 4.54. The molecule has 12 nitrogen and oxygen atoms in total. The number of benzene rings is 1. The lowest BCUT2D eigenvalue weighted by Gasteiger charge is -2.02. The standard InChI is InChI=1S/C13H11N5O7S/c1-2-25-11(19)6-10-15-16-13(26-10)14-12(20)8-4-3-7(17(21)22)5-9(8)18(23)24/h3-5H,2,6H2,1H3,(H,14,16,20). The van der Waals surface area contributed by atoms with Crippen LogP contribution in [0.5, 0.6) is 0 Å². The van der Waals surface area contributed by atoms with Crippen LogP contribution in [0.1, 0.15) is 22.3 Å². The van der Waals surface area contributed by atoms with E-state index in [9.17, 15) is 29.8 Å². The molecule has 0 bridgehead atoms. The van der Waals surface area contributed by atoms with E-state index in [1.54, 1.807) is 6.92 Å². The Morgan fingerprint density at radius 2 is 1.96 bits per heavy atom. The van der Waals surface area contributed by atoms with Crippen LogP contribution in [0.4, 0.5) is 16.5 Å². The maximum absolute atomic E-state index is 12.2. The number of carbonyl (C=O) groups excluding carboxylic acids is 2. The summed E-state index contributed by atoms with van der Waals surface area (Å²) in [6, 6.07) is 2.65. The number of aromatic nitrogens is 2. The molecule has 26 heavy (non-hydrogen) atoms. The van der Waals surface area contributed by atoms with Gasteiger partial charge in [-0.3, -0.25) is 35.1 Å². The van der Waals surface area contributed by atoms with E-state index in [0.717, 1.165) is 23.5 Å². The summed E-state index contributed by atoms with van der Waals surface area (Å²) < 4.78 is 4.76. The SMILES string of the molecule is CCOC(=O)Cc1nnc(NC(=O)c2ccc([N+](=O)[O-])cc2[N+](=O)[O-])s1. The van der Waals surface area contributed by atoms with Crippen LogP contribution >= 0.6 is 11.3 Å². The number of esters is 1. The largest absolute Gasteiger partial charge is 0.466 e. The molecule has 1 N–H and O–H groups in total. The molecule has 1 heterocycles. The van der Waals surface area contributed by atoms with E-state index in [1.165, 1.54) is 0 Å². The summed E-state index contributed by atoms with van der Waals surface area (Å²) in [7, 11) is 0. The van der Waals surface area contributed by atoms with Gasteiger partial charge in [0.1, 0.15) is 10.6 Å². The summed E-state index contributed by atoms with van der Waals surface area (Å²) in [4.78, 5) is 43.7. The van der Waals surface area contributed by atoms with Crippen molar-refractivity contribution in [1.82, 2.24) is 10.2 Å². The first-order chi connectivity index (χ1) is 12.3. The second-order valence-corrected chi connectivity index (χ2v) is 5.71. The van der Waals surface area contributed by atoms with Gasteiger partial charge in [0.2, 0.25) is 5.13 Å². The molecule has 1 aromatic carbocycles. The highest BCUT2D eigenvalue weighted by atomic mass is 32.1. The molecule has 0 radical (unpaired) electrons. The molecular formula is C13H11N5O7S. The molecular weight excluding hydrogens is 370 g/mol. The lowest BCUT2D eigenvalue weighted by Crippen LogP contribution is -2.14. The van der Waals surface area contributed by atoms with Crippen molar-refractivity contribution in [1.29, 1.82) is 0 Å². The molecule has 0 saturated carbocycles. The van der Waals surface area contributed by atoms with Gasteiger partial charge in [-0.05, 0) is 13.0 Å². The minimum absolute atomic E-state index is 0.0157. The number of hydrogen-bond donors (Lipinski definition) is 1. The number of carbonyl (C=O) groups is 2. The van der Waals surface area contributed by atoms with Gasteiger partial charge in [-0.1, -0.05) is 11.3 Å². The van der Waals surface area contributed by atoms with Crippen molar-refractivity contribution in [2.75, 3.05) is 11.9 Å². The first-order valence-electron chi connectivity index (χ1n) is 7.04. The molecule has 2 aromatic rings. The minimum atomic E-state index is -0.895. The third-order valence-corrected chi connectivity index (χ3v) is 3.76. The smallest absolute Gasteiger partial charge is 0.312 e. The van der Waals surface area contributed by atoms with E-state index in [2.05, 4.69) is 15.5 Å². The second-order valence-electron chi connectivity index (χ2n) is 4.65. The van der Waals surface area contributed by atoms with E-state index in [-0.39, 0.29) is 28.7 Å². The van der Waals surface area contributed by atoms with Crippen LogP contribution in [0.2, 0.25) is 0 Å². The van der Waals surface area contributed by atoms with Crippen molar-refractivity contribution in [3.63, 3.8) is 0 Å². The van der Waals surface area contributed by atoms with E-state index < -0.39 is 33.1 Å². The number of nitrogens with zero attached hydrogens (tertiary/aromatic N) is 4. The maximum atomic E-state index is 12.2. The summed E-state index contributed by atoms with van der Waals surface area (Å²) in [5, 5.41) is 31.8. The Hall–Kier alpha value is -3.48. The number of nitro groups is 2. The molecule has 2 rings (SSSR count). The van der Waals surface area contributed by atoms with Gasteiger partial charge in [0.15, 0.2) is 0 Å². The molecule has 0 aliphatic carbocycles. The Bertz CT molecular complexity index is 882. The Kier molecular flexibility index (Phi) is 5.85. The van der Waals surface area contributed by atoms with Crippen molar-refractivity contribution < 1.29 is 24.2 Å². The molecule has 1 amide bonds. The normalized spacial score (nSPS) is 10.2. The highest BCUT2D eigenvalue weighted by Crippen LogP contribution is 2.26. The first-order valence-corrected chi connectivity index (χ1v) is 7.85. The van der Waals surface area contributed by atoms with Crippen LogP contribution < -0.4 is 5.32 Å². The van der Waals surface area contributed by atoms with Crippen LogP contribution in [0.3, 0.4) is 0 Å². The summed E-state index contributed by atoms with van der Waals surface area (Å²) >= 11 is 0.899. The van der Waals surface area contributed by atoms with Crippen LogP contribution in [0.15, 0.2) is 18.2 Å². The van der Waals surface area contributed by atoms with Gasteiger partial charge in [-0.25, -0.2) is 0 Å². The lowest BCUT2D eigenvalue weighted by molar-refractivity contribution is -0.394. The quantitative estimate of drug-likeness (QED) is 0.426. The molecule has 0 aliphatic heterocycles. The molecule has 0 unspecified atom stereocenters. The predicted octanol–water partition coefficient (Wildman–Crippen LogP) is 1.71. The molecule has 136 valence electrons. The molecule has 0 fully saturated rings. The first kappa shape index (κ1) is 18.9. The summed E-state index contributed by atoms with van der Waals surface area (Å²) in [5.41, 5.74) is -1.60. The minimum Gasteiger partial charge on any atom is -0.466 e. The van der Waals surface area contributed by atoms with Gasteiger partial charge in [0.25, 0.3) is 17.3 Å². The van der Waals surface area contributed by atoms with Crippen molar-refractivity contribution in [3.05, 3.63) is 49.0 Å². The number of nitrogens with one attached hydrogen (secondary N) is 1. The van der Waals surface area contributed by atoms with Crippen LogP contribution in [-0.2, 0) is 16.0 Å². The highest BCUT2D eigenvalue weighted by molar-refractivity contribution is 7.15. The van der Waals surface area contributed by atoms with Crippen molar-refractivity contribution in [2.45, 2.75) is 13.3 Å². The van der Waals surface area contributed by atoms with Gasteiger partial charge < -0.3 is 4.74 Å². The van der Waals surface area contributed by atoms with Gasteiger partial charge in [0, 0.05) is 6.07 Å². The average Bonchev–Trinajstić information content (AvgIpc) is 3.01. The zero-order valence-electron chi connectivity index (χ0n) is 13.2. The van der Waals surface area contributed by atoms with Crippen molar-refractivity contribution in [2.24, 2.45) is 0 Å². The topological polar surface area (TPSA) is 167 Å². The summed E-state index contributed by atoms with van der Waals surface area (Å²) in [6.07, 6.45) is -0.126. The van der Waals surface area contributed by atoms with E-state index in [1.807, 2.05) is 0 Å². The Morgan fingerprint density at radius 1 is 1.23 bits per heavy atom. The number of amides is 1. The average molecular weight is 381 g/mol. The second kappa shape index (κ2) is 8.06. The van der Waals surface area contributed by atoms with E-state index >= 15 is 0 Å². The van der Waals surface area contributed by atoms with Gasteiger partial charge in [-0.2, -0.15) is 0 Å². The van der Waals surface area contributed by atoms with Gasteiger partial charge in [-0.15, -0.1) is 10.2 Å². The van der Waals surface area contributed by atoms with Crippen LogP contribution in [-0.4, -0.2) is 38.5 Å². The lowest BCUT2D eigenvalue weighted by atomic mass is 10.1. The maximum Gasteiger partial charge on any atom is 0.312 e. The third-order valence-electron chi connectivity index (χ3n) is 2.92. The Balaban J connectivity index is 2.17. The van der Waals surface area contributed by atoms with Crippen molar-refractivity contribution >= 4 is 39.7 Å². The Labute approximate surface area is 149 Å². The van der Waals surface area contributed by atoms with Gasteiger partial charge >= 0.3 is 5.97 Å². The molecule has 0 spiro atoms. The van der Waals surface area contributed by atoms with Crippen LogP contribution in [0.25, 0.3) is 0 Å². The zero-order valence-corrected chi connectivity index (χ0v) is 14.0. The summed E-state index contributed by atoms with van der Waals surface area (Å²) in [5.74, 6) is -1.39. The Morgan fingerprint density at radius 3 is 2.58 bits per heavy atom. The monoisotopic (exact) mass is 381 g/mol. The van der Waals surface area contributed by atoms with E-state index in [0.29, 0.717) is 6.07 Å².